The van der Waals surface area contributed by atoms with Crippen LogP contribution < -0.4 is 14.2 Å². The molecule has 2 aromatic carbocycles. The highest BCUT2D eigenvalue weighted by Gasteiger charge is 2.28. The van der Waals surface area contributed by atoms with E-state index in [0.29, 0.717) is 24.9 Å². The smallest absolute Gasteiger partial charge is 0.414 e. The van der Waals surface area contributed by atoms with E-state index >= 15 is 0 Å². The lowest BCUT2D eigenvalue weighted by atomic mass is 10.1. The Morgan fingerprint density at radius 3 is 2.58 bits per heavy atom. The number of nitrogens with zero attached hydrogens (tertiary/aromatic N) is 4. The predicted molar refractivity (Wildman–Crippen MR) is 118 cm³/mol. The van der Waals surface area contributed by atoms with Gasteiger partial charge in [0.05, 0.1) is 13.7 Å². The minimum Gasteiger partial charge on any atom is -0.497 e. The van der Waals surface area contributed by atoms with E-state index in [4.69, 9.17) is 18.7 Å². The molecule has 0 amide bonds. The van der Waals surface area contributed by atoms with E-state index in [2.05, 4.69) is 10.1 Å². The van der Waals surface area contributed by atoms with Gasteiger partial charge in [-0.3, -0.25) is 4.57 Å². The molecule has 1 aliphatic rings. The number of nitro groups is 1. The first kappa shape index (κ1) is 21.9. The number of hydrogen-bond acceptors (Lipinski definition) is 8. The minimum atomic E-state index is -0.528. The van der Waals surface area contributed by atoms with Gasteiger partial charge >= 0.3 is 11.8 Å². The Kier molecular flexibility index (Phi) is 6.53. The molecule has 1 aliphatic heterocycles. The summed E-state index contributed by atoms with van der Waals surface area (Å²) in [5.74, 6) is 2.15. The molecule has 0 bridgehead atoms. The molecule has 3 heterocycles. The Hall–Kier alpha value is -4.34. The van der Waals surface area contributed by atoms with Gasteiger partial charge in [0.1, 0.15) is 36.1 Å². The van der Waals surface area contributed by atoms with Gasteiger partial charge < -0.3 is 28.8 Å². The molecule has 4 aromatic rings. The summed E-state index contributed by atoms with van der Waals surface area (Å²) in [6.07, 6.45) is 1.45. The monoisotopic (exact) mass is 450 g/mol. The van der Waals surface area contributed by atoms with Crippen molar-refractivity contribution >= 4 is 5.82 Å². The molecule has 0 saturated heterocycles. The number of fused-ring (bicyclic) bond motifs is 1. The van der Waals surface area contributed by atoms with Crippen molar-refractivity contribution in [3.05, 3.63) is 82.7 Å². The quantitative estimate of drug-likeness (QED) is 0.311. The molecule has 0 N–H and O–H groups in total. The average Bonchev–Trinajstić information content (AvgIpc) is 3.54. The van der Waals surface area contributed by atoms with Gasteiger partial charge in [0.2, 0.25) is 0 Å². The summed E-state index contributed by atoms with van der Waals surface area (Å²) in [6, 6.07) is 19.5. The normalized spacial score (nSPS) is 13.9. The molecule has 0 fully saturated rings. The Morgan fingerprint density at radius 2 is 1.91 bits per heavy atom. The largest absolute Gasteiger partial charge is 0.497 e. The lowest BCUT2D eigenvalue weighted by Crippen LogP contribution is -2.08. The fourth-order valence-corrected chi connectivity index (χ4v) is 3.14. The van der Waals surface area contributed by atoms with Crippen LogP contribution >= 0.6 is 0 Å². The average molecular weight is 450 g/mol. The van der Waals surface area contributed by atoms with Gasteiger partial charge in [-0.15, -0.1) is 0 Å². The Morgan fingerprint density at radius 1 is 1.15 bits per heavy atom. The zero-order chi connectivity index (χ0) is 23.2. The van der Waals surface area contributed by atoms with Crippen LogP contribution in [0.1, 0.15) is 12.7 Å². The van der Waals surface area contributed by atoms with Crippen LogP contribution in [0.5, 0.6) is 17.5 Å². The third-order valence-corrected chi connectivity index (χ3v) is 4.74. The molecular formula is C23H22N4O6. The molecular weight excluding hydrogens is 428 g/mol. The van der Waals surface area contributed by atoms with Gasteiger partial charge in [-0.1, -0.05) is 23.4 Å². The SMILES string of the molecule is CC1Cn2cc([N+](=O)[O-])nc2O1.COc1ccc(-c2cc(COc3ccccc3)on2)cc1. The fraction of sp³-hybridized carbons (Fsp3) is 0.217. The van der Waals surface area contributed by atoms with Crippen molar-refractivity contribution in [2.75, 3.05) is 7.11 Å². The van der Waals surface area contributed by atoms with Crippen molar-refractivity contribution < 1.29 is 23.7 Å². The van der Waals surface area contributed by atoms with Crippen molar-refractivity contribution in [1.29, 1.82) is 0 Å². The first-order chi connectivity index (χ1) is 16.0. The van der Waals surface area contributed by atoms with Crippen LogP contribution in [0.3, 0.4) is 0 Å². The molecule has 10 nitrogen and oxygen atoms in total. The Balaban J connectivity index is 0.000000183. The van der Waals surface area contributed by atoms with Gasteiger partial charge in [-0.05, 0) is 48.2 Å². The number of aromatic nitrogens is 3. The van der Waals surface area contributed by atoms with Crippen LogP contribution in [-0.2, 0) is 13.2 Å². The van der Waals surface area contributed by atoms with Crippen molar-refractivity contribution in [1.82, 2.24) is 14.7 Å². The van der Waals surface area contributed by atoms with Gasteiger partial charge in [0.25, 0.3) is 0 Å². The number of rotatable bonds is 6. The second-order valence-corrected chi connectivity index (χ2v) is 7.23. The van der Waals surface area contributed by atoms with Crippen molar-refractivity contribution in [2.45, 2.75) is 26.2 Å². The zero-order valence-electron chi connectivity index (χ0n) is 18.1. The molecule has 33 heavy (non-hydrogen) atoms. The Bertz CT molecular complexity index is 1180. The van der Waals surface area contributed by atoms with Crippen LogP contribution in [0.2, 0.25) is 0 Å². The van der Waals surface area contributed by atoms with E-state index in [-0.39, 0.29) is 11.9 Å². The second-order valence-electron chi connectivity index (χ2n) is 7.23. The lowest BCUT2D eigenvalue weighted by molar-refractivity contribution is -0.389. The maximum absolute atomic E-state index is 10.3. The fourth-order valence-electron chi connectivity index (χ4n) is 3.14. The van der Waals surface area contributed by atoms with Crippen LogP contribution in [0.25, 0.3) is 11.3 Å². The van der Waals surface area contributed by atoms with Crippen LogP contribution in [0, 0.1) is 10.1 Å². The highest BCUT2D eigenvalue weighted by molar-refractivity contribution is 5.59. The van der Waals surface area contributed by atoms with Gasteiger partial charge in [-0.2, -0.15) is 0 Å². The van der Waals surface area contributed by atoms with Crippen LogP contribution in [0.4, 0.5) is 5.82 Å². The topological polar surface area (TPSA) is 115 Å². The summed E-state index contributed by atoms with van der Waals surface area (Å²) < 4.78 is 22.9. The summed E-state index contributed by atoms with van der Waals surface area (Å²) >= 11 is 0. The molecule has 1 atom stereocenters. The lowest BCUT2D eigenvalue weighted by Gasteiger charge is -2.01. The van der Waals surface area contributed by atoms with E-state index in [1.807, 2.05) is 67.6 Å². The number of ether oxygens (including phenoxy) is 3. The number of methoxy groups -OCH3 is 1. The third-order valence-electron chi connectivity index (χ3n) is 4.74. The standard InChI is InChI=1S/C17H15NO3.C6H7N3O3/c1-19-14-9-7-13(8-10-14)17-11-16(21-18-17)12-20-15-5-3-2-4-6-15;1-4-2-8-3-5(9(10)11)7-6(8)12-4/h2-11H,12H2,1H3;3-4H,2H2,1H3. The highest BCUT2D eigenvalue weighted by atomic mass is 16.6. The number of hydrogen-bond donors (Lipinski definition) is 0. The minimum absolute atomic E-state index is 0.0632. The molecule has 5 rings (SSSR count). The summed E-state index contributed by atoms with van der Waals surface area (Å²) in [5, 5.41) is 14.3. The first-order valence-corrected chi connectivity index (χ1v) is 10.2. The number of benzene rings is 2. The summed E-state index contributed by atoms with van der Waals surface area (Å²) in [6.45, 7) is 2.88. The Labute approximate surface area is 189 Å². The van der Waals surface area contributed by atoms with E-state index in [9.17, 15) is 10.1 Å². The van der Waals surface area contributed by atoms with Gasteiger partial charge in [0, 0.05) is 16.6 Å². The predicted octanol–water partition coefficient (Wildman–Crippen LogP) is 4.50. The molecule has 10 heteroatoms. The van der Waals surface area contributed by atoms with E-state index in [0.717, 1.165) is 22.8 Å². The third kappa shape index (κ3) is 5.48. The maximum Gasteiger partial charge on any atom is 0.414 e. The first-order valence-electron chi connectivity index (χ1n) is 10.2. The maximum atomic E-state index is 10.3. The van der Waals surface area contributed by atoms with Crippen molar-refractivity contribution in [3.63, 3.8) is 0 Å². The molecule has 0 saturated carbocycles. The molecule has 170 valence electrons. The molecule has 0 spiro atoms. The molecule has 2 aromatic heterocycles. The highest BCUT2D eigenvalue weighted by Crippen LogP contribution is 2.24. The van der Waals surface area contributed by atoms with E-state index in [1.165, 1.54) is 6.20 Å². The molecule has 0 aliphatic carbocycles. The van der Waals surface area contributed by atoms with Crippen LogP contribution in [-0.4, -0.2) is 32.8 Å². The number of para-hydroxylation sites is 1. The molecule has 0 radical (unpaired) electrons. The summed E-state index contributed by atoms with van der Waals surface area (Å²) in [7, 11) is 1.64. The van der Waals surface area contributed by atoms with Gasteiger partial charge in [0.15, 0.2) is 5.76 Å². The van der Waals surface area contributed by atoms with Gasteiger partial charge in [-0.25, -0.2) is 0 Å². The van der Waals surface area contributed by atoms with Crippen molar-refractivity contribution in [2.24, 2.45) is 0 Å². The van der Waals surface area contributed by atoms with Crippen LogP contribution in [0.15, 0.2) is 71.4 Å². The number of imidazole rings is 1. The van der Waals surface area contributed by atoms with Crippen molar-refractivity contribution in [3.8, 4) is 28.8 Å². The van der Waals surface area contributed by atoms with E-state index in [1.54, 1.807) is 11.7 Å². The summed E-state index contributed by atoms with van der Waals surface area (Å²) in [4.78, 5) is 13.4. The zero-order valence-corrected chi connectivity index (χ0v) is 18.1. The second kappa shape index (κ2) is 9.86. The molecule has 1 unspecified atom stereocenters. The summed E-state index contributed by atoms with van der Waals surface area (Å²) in [5.41, 5.74) is 1.76. The van der Waals surface area contributed by atoms with E-state index < -0.39 is 4.92 Å².